The van der Waals surface area contributed by atoms with Crippen LogP contribution >= 0.6 is 0 Å². The smallest absolute Gasteiger partial charge is 0.312 e. The number of nitrogens with two attached hydrogens (primary N) is 1. The van der Waals surface area contributed by atoms with Crippen molar-refractivity contribution in [1.29, 1.82) is 0 Å². The number of carbonyl (C=O) groups excluding carboxylic acids is 2. The molecule has 0 saturated heterocycles. The van der Waals surface area contributed by atoms with Crippen molar-refractivity contribution in [2.24, 2.45) is 11.7 Å². The molecule has 0 rings (SSSR count). The van der Waals surface area contributed by atoms with Crippen LogP contribution in [0.25, 0.3) is 0 Å². The third-order valence-electron chi connectivity index (χ3n) is 2.36. The Kier molecular flexibility index (Phi) is 6.48. The number of nitrogens with one attached hydrogen (secondary N) is 2. The molecule has 6 heteroatoms. The second-order valence-electron chi connectivity index (χ2n) is 3.97. The first kappa shape index (κ1) is 14.7. The summed E-state index contributed by atoms with van der Waals surface area (Å²) in [6.07, 6.45) is 0.127. The Morgan fingerprint density at radius 1 is 1.38 bits per heavy atom. The van der Waals surface area contributed by atoms with E-state index in [-0.39, 0.29) is 18.4 Å². The Bertz CT molecular complexity index is 243. The standard InChI is InChI=1S/C10H21N3O3/c1-4-6(2)8(13-10(11)16)9(15)12-5-7(3)14/h6-8,14H,4-5H2,1-3H3,(H,12,15)(H3,11,13,16)/t6?,7-,8?/m0/s1. The van der Waals surface area contributed by atoms with Crippen molar-refractivity contribution < 1.29 is 14.7 Å². The Hall–Kier alpha value is -1.30. The van der Waals surface area contributed by atoms with Crippen molar-refractivity contribution in [1.82, 2.24) is 10.6 Å². The molecular weight excluding hydrogens is 210 g/mol. The van der Waals surface area contributed by atoms with E-state index in [1.807, 2.05) is 13.8 Å². The molecule has 0 saturated carbocycles. The largest absolute Gasteiger partial charge is 0.392 e. The second-order valence-corrected chi connectivity index (χ2v) is 3.97. The molecule has 2 unspecified atom stereocenters. The molecule has 94 valence electrons. The van der Waals surface area contributed by atoms with Crippen LogP contribution in [0.3, 0.4) is 0 Å². The van der Waals surface area contributed by atoms with Gasteiger partial charge < -0.3 is 21.5 Å². The lowest BCUT2D eigenvalue weighted by molar-refractivity contribution is -0.124. The topological polar surface area (TPSA) is 104 Å². The highest BCUT2D eigenvalue weighted by atomic mass is 16.3. The molecule has 0 radical (unpaired) electrons. The molecular formula is C10H21N3O3. The first-order valence-electron chi connectivity index (χ1n) is 5.40. The van der Waals surface area contributed by atoms with E-state index >= 15 is 0 Å². The zero-order valence-corrected chi connectivity index (χ0v) is 9.99. The minimum atomic E-state index is -0.725. The van der Waals surface area contributed by atoms with E-state index in [4.69, 9.17) is 10.8 Å². The Balaban J connectivity index is 4.37. The Morgan fingerprint density at radius 3 is 2.31 bits per heavy atom. The van der Waals surface area contributed by atoms with Crippen LogP contribution in [0.15, 0.2) is 0 Å². The van der Waals surface area contributed by atoms with E-state index in [2.05, 4.69) is 10.6 Å². The lowest BCUT2D eigenvalue weighted by Gasteiger charge is -2.22. The van der Waals surface area contributed by atoms with Crippen molar-refractivity contribution in [2.75, 3.05) is 6.54 Å². The van der Waals surface area contributed by atoms with Gasteiger partial charge in [-0.05, 0) is 12.8 Å². The molecule has 6 nitrogen and oxygen atoms in total. The SMILES string of the molecule is CCC(C)C(NC(N)=O)C(=O)NC[C@H](C)O. The highest BCUT2D eigenvalue weighted by Crippen LogP contribution is 2.07. The number of amides is 3. The summed E-state index contributed by atoms with van der Waals surface area (Å²) < 4.78 is 0. The predicted octanol–water partition coefficient (Wildman–Crippen LogP) is -0.434. The van der Waals surface area contributed by atoms with Crippen LogP contribution < -0.4 is 16.4 Å². The monoisotopic (exact) mass is 231 g/mol. The Morgan fingerprint density at radius 2 is 1.94 bits per heavy atom. The minimum Gasteiger partial charge on any atom is -0.392 e. The summed E-state index contributed by atoms with van der Waals surface area (Å²) in [7, 11) is 0. The molecule has 0 bridgehead atoms. The molecule has 0 aromatic carbocycles. The number of rotatable bonds is 6. The highest BCUT2D eigenvalue weighted by molar-refractivity contribution is 5.86. The average molecular weight is 231 g/mol. The molecule has 16 heavy (non-hydrogen) atoms. The van der Waals surface area contributed by atoms with Gasteiger partial charge >= 0.3 is 6.03 Å². The number of hydrogen-bond acceptors (Lipinski definition) is 3. The van der Waals surface area contributed by atoms with E-state index in [0.717, 1.165) is 6.42 Å². The lowest BCUT2D eigenvalue weighted by atomic mass is 9.98. The van der Waals surface area contributed by atoms with Crippen molar-refractivity contribution in [3.05, 3.63) is 0 Å². The maximum Gasteiger partial charge on any atom is 0.312 e. The van der Waals surface area contributed by atoms with Crippen molar-refractivity contribution in [2.45, 2.75) is 39.3 Å². The zero-order valence-electron chi connectivity index (χ0n) is 9.99. The van der Waals surface area contributed by atoms with Crippen LogP contribution in [0.4, 0.5) is 4.79 Å². The van der Waals surface area contributed by atoms with Crippen molar-refractivity contribution >= 4 is 11.9 Å². The second kappa shape index (κ2) is 7.05. The predicted molar refractivity (Wildman–Crippen MR) is 60.7 cm³/mol. The van der Waals surface area contributed by atoms with Crippen molar-refractivity contribution in [3.63, 3.8) is 0 Å². The van der Waals surface area contributed by atoms with Crippen LogP contribution in [0, 0.1) is 5.92 Å². The summed E-state index contributed by atoms with van der Waals surface area (Å²) in [5, 5.41) is 14.0. The van der Waals surface area contributed by atoms with E-state index in [0.29, 0.717) is 0 Å². The van der Waals surface area contributed by atoms with Gasteiger partial charge in [0.25, 0.3) is 0 Å². The number of hydrogen-bond donors (Lipinski definition) is 4. The van der Waals surface area contributed by atoms with Crippen LogP contribution in [-0.2, 0) is 4.79 Å². The molecule has 0 aliphatic heterocycles. The molecule has 0 spiro atoms. The molecule has 0 heterocycles. The van der Waals surface area contributed by atoms with Crippen molar-refractivity contribution in [3.8, 4) is 0 Å². The van der Waals surface area contributed by atoms with E-state index in [9.17, 15) is 9.59 Å². The Labute approximate surface area is 95.6 Å². The first-order valence-corrected chi connectivity index (χ1v) is 5.40. The van der Waals surface area contributed by atoms with Gasteiger partial charge in [0.15, 0.2) is 0 Å². The molecule has 0 fully saturated rings. The average Bonchev–Trinajstić information content (AvgIpc) is 2.21. The first-order chi connectivity index (χ1) is 7.38. The van der Waals surface area contributed by atoms with Gasteiger partial charge in [-0.2, -0.15) is 0 Å². The van der Waals surface area contributed by atoms with E-state index < -0.39 is 18.2 Å². The van der Waals surface area contributed by atoms with Gasteiger partial charge in [0.1, 0.15) is 6.04 Å². The number of carbonyl (C=O) groups is 2. The van der Waals surface area contributed by atoms with E-state index in [1.165, 1.54) is 0 Å². The van der Waals surface area contributed by atoms with Crippen LogP contribution in [0.5, 0.6) is 0 Å². The van der Waals surface area contributed by atoms with Gasteiger partial charge in [-0.15, -0.1) is 0 Å². The zero-order chi connectivity index (χ0) is 12.7. The van der Waals surface area contributed by atoms with Crippen LogP contribution in [-0.4, -0.2) is 35.7 Å². The maximum absolute atomic E-state index is 11.7. The van der Waals surface area contributed by atoms with Gasteiger partial charge in [-0.1, -0.05) is 20.3 Å². The summed E-state index contributed by atoms with van der Waals surface area (Å²) >= 11 is 0. The molecule has 0 aromatic rings. The highest BCUT2D eigenvalue weighted by Gasteiger charge is 2.24. The van der Waals surface area contributed by atoms with E-state index in [1.54, 1.807) is 6.92 Å². The molecule has 0 aliphatic carbocycles. The summed E-state index contributed by atoms with van der Waals surface area (Å²) in [6.45, 7) is 5.50. The third-order valence-corrected chi connectivity index (χ3v) is 2.36. The molecule has 0 aliphatic rings. The summed E-state index contributed by atoms with van der Waals surface area (Å²) in [5.74, 6) is -0.337. The van der Waals surface area contributed by atoms with Gasteiger partial charge in [-0.25, -0.2) is 4.79 Å². The normalized spacial score (nSPS) is 16.0. The van der Waals surface area contributed by atoms with Crippen LogP contribution in [0.1, 0.15) is 27.2 Å². The van der Waals surface area contributed by atoms with Gasteiger partial charge in [0.2, 0.25) is 5.91 Å². The fourth-order valence-corrected chi connectivity index (χ4v) is 1.21. The molecule has 5 N–H and O–H groups in total. The van der Waals surface area contributed by atoms with Gasteiger partial charge in [-0.3, -0.25) is 4.79 Å². The summed E-state index contributed by atoms with van der Waals surface area (Å²) in [4.78, 5) is 22.4. The molecule has 3 amide bonds. The number of urea groups is 1. The number of aliphatic hydroxyl groups excluding tert-OH is 1. The maximum atomic E-state index is 11.7. The minimum absolute atomic E-state index is 0.0125. The quantitative estimate of drug-likeness (QED) is 0.498. The van der Waals surface area contributed by atoms with Crippen LogP contribution in [0.2, 0.25) is 0 Å². The molecule has 3 atom stereocenters. The summed E-state index contributed by atoms with van der Waals surface area (Å²) in [6, 6.07) is -1.38. The number of aliphatic hydroxyl groups is 1. The molecule has 0 aromatic heterocycles. The fourth-order valence-electron chi connectivity index (χ4n) is 1.21. The van der Waals surface area contributed by atoms with Gasteiger partial charge in [0, 0.05) is 6.54 Å². The van der Waals surface area contributed by atoms with Gasteiger partial charge in [0.05, 0.1) is 6.10 Å². The number of primary amides is 1. The lowest BCUT2D eigenvalue weighted by Crippen LogP contribution is -2.52. The third kappa shape index (κ3) is 5.55. The fraction of sp³-hybridized carbons (Fsp3) is 0.800. The summed E-state index contributed by atoms with van der Waals surface area (Å²) in [5.41, 5.74) is 5.00.